The van der Waals surface area contributed by atoms with Crippen LogP contribution in [0.1, 0.15) is 0 Å². The Labute approximate surface area is 117 Å². The third-order valence-corrected chi connectivity index (χ3v) is 9.46. The Kier molecular flexibility index (Phi) is 6.40. The van der Waals surface area contributed by atoms with Crippen LogP contribution in [0.15, 0.2) is 60.7 Å². The van der Waals surface area contributed by atoms with Gasteiger partial charge in [0, 0.05) is 0 Å². The molecule has 0 fully saturated rings. The number of hydrogen-bond acceptors (Lipinski definition) is 1. The molecule has 0 saturated carbocycles. The van der Waals surface area contributed by atoms with E-state index in [0.717, 1.165) is 0 Å². The predicted molar refractivity (Wildman–Crippen MR) is 77.7 cm³/mol. The van der Waals surface area contributed by atoms with Gasteiger partial charge in [-0.25, -0.2) is 0 Å². The maximum atomic E-state index is 4.25. The quantitative estimate of drug-likeness (QED) is 0.328. The molecule has 0 aliphatic heterocycles. The molecule has 0 bridgehead atoms. The molecule has 0 radical (unpaired) electrons. The van der Waals surface area contributed by atoms with Crippen molar-refractivity contribution in [3.8, 4) is 0 Å². The molecule has 2 rings (SSSR count). The Hall–Kier alpha value is -0.171. The standard InChI is InChI=1S/C12H11PSe2.H4N2/c14-13(15,11-7-3-1-4-8-11)12-9-5-2-6-10-12;1-2/h1-10H,(H,14,15);1-2H2. The molecule has 0 saturated heterocycles. The van der Waals surface area contributed by atoms with E-state index in [1.807, 2.05) is 0 Å². The zero-order valence-corrected chi connectivity index (χ0v) is 13.6. The van der Waals surface area contributed by atoms with Crippen molar-refractivity contribution in [2.75, 3.05) is 0 Å². The van der Waals surface area contributed by atoms with E-state index >= 15 is 0 Å². The summed E-state index contributed by atoms with van der Waals surface area (Å²) in [5, 5.41) is 2.72. The van der Waals surface area contributed by atoms with Gasteiger partial charge in [-0.3, -0.25) is 5.84 Å². The van der Waals surface area contributed by atoms with E-state index in [4.69, 9.17) is 0 Å². The fraction of sp³-hybridized carbons (Fsp3) is 0. The van der Waals surface area contributed by atoms with Crippen LogP contribution >= 0.6 is 4.20 Å². The first-order valence-electron chi connectivity index (χ1n) is 5.04. The van der Waals surface area contributed by atoms with Gasteiger partial charge in [-0.15, -0.1) is 0 Å². The second kappa shape index (κ2) is 7.30. The Balaban J connectivity index is 0.000000686. The fourth-order valence-electron chi connectivity index (χ4n) is 1.40. The third-order valence-electron chi connectivity index (χ3n) is 2.19. The van der Waals surface area contributed by atoms with Gasteiger partial charge in [0.1, 0.15) is 0 Å². The molecule has 5 heteroatoms. The Morgan fingerprint density at radius 1 is 0.824 bits per heavy atom. The molecular weight excluding hydrogens is 361 g/mol. The molecule has 0 aliphatic carbocycles. The van der Waals surface area contributed by atoms with Gasteiger partial charge in [-0.05, 0) is 0 Å². The van der Waals surface area contributed by atoms with Gasteiger partial charge < -0.3 is 0 Å². The molecule has 5 N–H and O–H groups in total. The Morgan fingerprint density at radius 2 is 1.12 bits per heavy atom. The summed E-state index contributed by atoms with van der Waals surface area (Å²) in [5.74, 6) is 7.00. The molecule has 2 aromatic carbocycles. The summed E-state index contributed by atoms with van der Waals surface area (Å²) < 4.78 is -1.40. The van der Waals surface area contributed by atoms with E-state index in [2.05, 4.69) is 103 Å². The second-order valence-electron chi connectivity index (χ2n) is 3.22. The van der Waals surface area contributed by atoms with E-state index in [-0.39, 0.29) is 0 Å². The zero-order valence-electron chi connectivity index (χ0n) is 9.32. The molecule has 0 atom stereocenters. The Morgan fingerprint density at radius 3 is 1.41 bits per heavy atom. The van der Waals surface area contributed by atoms with Crippen molar-refractivity contribution in [1.82, 2.24) is 0 Å². The summed E-state index contributed by atoms with van der Waals surface area (Å²) in [6.45, 7) is 0. The van der Waals surface area contributed by atoms with E-state index in [0.29, 0.717) is 0 Å². The van der Waals surface area contributed by atoms with Crippen LogP contribution in [0.4, 0.5) is 0 Å². The maximum absolute atomic E-state index is 4.25. The molecule has 0 heterocycles. The third kappa shape index (κ3) is 3.91. The SMILES string of the molecule is N[NH3+].[Se]=P([Se-])(c1ccccc1)c1ccccc1. The summed E-state index contributed by atoms with van der Waals surface area (Å²) in [6, 6.07) is 21.1. The molecule has 90 valence electrons. The number of quaternary nitrogens is 1. The van der Waals surface area contributed by atoms with Crippen LogP contribution in [0.2, 0.25) is 0 Å². The van der Waals surface area contributed by atoms with Crippen molar-refractivity contribution in [2.24, 2.45) is 5.84 Å². The van der Waals surface area contributed by atoms with Gasteiger partial charge in [0.25, 0.3) is 0 Å². The second-order valence-corrected chi connectivity index (χ2v) is 15.8. The number of hydrogen-bond donors (Lipinski definition) is 2. The first kappa shape index (κ1) is 14.9. The van der Waals surface area contributed by atoms with Gasteiger partial charge in [0.15, 0.2) is 0 Å². The predicted octanol–water partition coefficient (Wildman–Crippen LogP) is -0.0760. The van der Waals surface area contributed by atoms with Crippen LogP contribution < -0.4 is 22.3 Å². The molecular formula is C12H15N2PSe2. The van der Waals surface area contributed by atoms with E-state index in [1.165, 1.54) is 10.6 Å². The first-order valence-corrected chi connectivity index (χ1v) is 11.3. The van der Waals surface area contributed by atoms with Crippen LogP contribution in [0.5, 0.6) is 0 Å². The van der Waals surface area contributed by atoms with Gasteiger partial charge in [0.05, 0.1) is 0 Å². The average molecular weight is 376 g/mol. The van der Waals surface area contributed by atoms with Crippen molar-refractivity contribution in [2.45, 2.75) is 0 Å². The topological polar surface area (TPSA) is 53.7 Å². The summed E-state index contributed by atoms with van der Waals surface area (Å²) in [4.78, 5) is 0. The van der Waals surface area contributed by atoms with Crippen molar-refractivity contribution in [3.05, 3.63) is 60.7 Å². The molecule has 0 aliphatic rings. The van der Waals surface area contributed by atoms with E-state index in [1.54, 1.807) is 0 Å². The summed E-state index contributed by atoms with van der Waals surface area (Å²) >= 11 is 6.68. The van der Waals surface area contributed by atoms with E-state index in [9.17, 15) is 0 Å². The first-order chi connectivity index (χ1) is 8.21. The summed E-state index contributed by atoms with van der Waals surface area (Å²) in [5.41, 5.74) is 0. The minimum absolute atomic E-state index is 1.36. The van der Waals surface area contributed by atoms with Crippen LogP contribution in [0.3, 0.4) is 0 Å². The molecule has 2 aromatic rings. The molecule has 0 aromatic heterocycles. The Bertz CT molecular complexity index is 445. The number of benzene rings is 2. The van der Waals surface area contributed by atoms with Crippen LogP contribution in [0, 0.1) is 0 Å². The summed E-state index contributed by atoms with van der Waals surface area (Å²) in [7, 11) is 0. The molecule has 17 heavy (non-hydrogen) atoms. The van der Waals surface area contributed by atoms with Crippen molar-refractivity contribution in [3.63, 3.8) is 0 Å². The monoisotopic (exact) mass is 378 g/mol. The van der Waals surface area contributed by atoms with Crippen LogP contribution in [-0.2, 0) is 0 Å². The fourth-order valence-corrected chi connectivity index (χ4v) is 5.89. The van der Waals surface area contributed by atoms with Crippen LogP contribution in [-0.4, -0.2) is 30.7 Å². The van der Waals surface area contributed by atoms with Gasteiger partial charge >= 0.3 is 106 Å². The van der Waals surface area contributed by atoms with Gasteiger partial charge in [-0.1, -0.05) is 0 Å². The molecule has 2 nitrogen and oxygen atoms in total. The zero-order chi connectivity index (χ0) is 12.7. The minimum atomic E-state index is -1.40. The number of nitrogens with two attached hydrogens (primary N) is 1. The van der Waals surface area contributed by atoms with E-state index < -0.39 is 4.20 Å². The average Bonchev–Trinajstić information content (AvgIpc) is 2.43. The van der Waals surface area contributed by atoms with Gasteiger partial charge in [0.2, 0.25) is 0 Å². The van der Waals surface area contributed by atoms with Crippen LogP contribution in [0.25, 0.3) is 0 Å². The van der Waals surface area contributed by atoms with Crippen molar-refractivity contribution in [1.29, 1.82) is 0 Å². The normalized spacial score (nSPS) is 10.3. The summed E-state index contributed by atoms with van der Waals surface area (Å²) in [6.07, 6.45) is 0. The molecule has 0 spiro atoms. The van der Waals surface area contributed by atoms with Crippen molar-refractivity contribution < 1.29 is 5.84 Å². The van der Waals surface area contributed by atoms with Gasteiger partial charge in [-0.2, -0.15) is 5.84 Å². The van der Waals surface area contributed by atoms with Crippen molar-refractivity contribution >= 4 is 45.5 Å². The number of rotatable bonds is 2. The molecule has 0 unspecified atom stereocenters. The molecule has 0 amide bonds.